The number of ether oxygens (including phenoxy) is 2. The number of hydrogen-bond acceptors (Lipinski definition) is 3. The molecule has 0 saturated carbocycles. The van der Waals surface area contributed by atoms with Crippen LogP contribution in [0.1, 0.15) is 39.5 Å². The summed E-state index contributed by atoms with van der Waals surface area (Å²) in [4.78, 5) is 11.7. The Kier molecular flexibility index (Phi) is 2.00. The first-order valence-electron chi connectivity index (χ1n) is 6.21. The minimum absolute atomic E-state index is 0.0479. The summed E-state index contributed by atoms with van der Waals surface area (Å²) in [6, 6.07) is 0. The molecule has 0 radical (unpaired) electrons. The predicted octanol–water partition coefficient (Wildman–Crippen LogP) is 2.21. The summed E-state index contributed by atoms with van der Waals surface area (Å²) >= 11 is 0. The van der Waals surface area contributed by atoms with Crippen LogP contribution in [0.4, 0.5) is 0 Å². The van der Waals surface area contributed by atoms with Gasteiger partial charge in [0.05, 0.1) is 24.0 Å². The maximum absolute atomic E-state index is 11.7. The number of cyclic esters (lactones) is 1. The summed E-state index contributed by atoms with van der Waals surface area (Å²) < 4.78 is 11.6. The van der Waals surface area contributed by atoms with Crippen LogP contribution in [-0.2, 0) is 14.3 Å². The largest absolute Gasteiger partial charge is 0.458 e. The summed E-state index contributed by atoms with van der Waals surface area (Å²) in [5.74, 6) is -0.0479. The zero-order valence-electron chi connectivity index (χ0n) is 9.86. The van der Waals surface area contributed by atoms with Crippen LogP contribution in [0, 0.1) is 5.41 Å². The van der Waals surface area contributed by atoms with Crippen molar-refractivity contribution in [3.05, 3.63) is 12.2 Å². The molecular weight excluding hydrogens is 204 g/mol. The standard InChI is InChI=1S/C13H18O3/c1-3-13(4-2)12(8-11(14)16-13)7-9-5-6-10(12)15-9/h5-6,9-10H,3-4,7-8H2,1-2H3. The fourth-order valence-electron chi connectivity index (χ4n) is 3.90. The van der Waals surface area contributed by atoms with Crippen molar-refractivity contribution in [3.8, 4) is 0 Å². The van der Waals surface area contributed by atoms with Crippen LogP contribution in [0.2, 0.25) is 0 Å². The number of carbonyl (C=O) groups excluding carboxylic acids is 1. The predicted molar refractivity (Wildman–Crippen MR) is 58.9 cm³/mol. The highest BCUT2D eigenvalue weighted by Gasteiger charge is 2.66. The van der Waals surface area contributed by atoms with E-state index in [1.165, 1.54) is 0 Å². The molecule has 3 rings (SSSR count). The van der Waals surface area contributed by atoms with Crippen LogP contribution in [0.5, 0.6) is 0 Å². The quantitative estimate of drug-likeness (QED) is 0.531. The molecule has 3 aliphatic heterocycles. The van der Waals surface area contributed by atoms with Crippen LogP contribution in [-0.4, -0.2) is 23.8 Å². The van der Waals surface area contributed by atoms with Gasteiger partial charge in [-0.2, -0.15) is 0 Å². The highest BCUT2D eigenvalue weighted by atomic mass is 16.6. The molecule has 3 aliphatic rings. The second kappa shape index (κ2) is 3.10. The van der Waals surface area contributed by atoms with Crippen molar-refractivity contribution in [3.63, 3.8) is 0 Å². The molecule has 3 nitrogen and oxygen atoms in total. The van der Waals surface area contributed by atoms with Gasteiger partial charge >= 0.3 is 5.97 Å². The van der Waals surface area contributed by atoms with E-state index in [0.717, 1.165) is 19.3 Å². The van der Waals surface area contributed by atoms with Crippen molar-refractivity contribution >= 4 is 5.97 Å². The average Bonchev–Trinajstić information content (AvgIpc) is 2.92. The first kappa shape index (κ1) is 10.3. The summed E-state index contributed by atoms with van der Waals surface area (Å²) in [6.45, 7) is 4.22. The number of esters is 1. The molecule has 0 amide bonds. The Bertz CT molecular complexity index is 356. The van der Waals surface area contributed by atoms with Gasteiger partial charge in [0.1, 0.15) is 5.60 Å². The minimum Gasteiger partial charge on any atom is -0.458 e. The zero-order chi connectivity index (χ0) is 11.4. The topological polar surface area (TPSA) is 35.5 Å². The van der Waals surface area contributed by atoms with Gasteiger partial charge in [0.15, 0.2) is 0 Å². The van der Waals surface area contributed by atoms with Crippen LogP contribution in [0.3, 0.4) is 0 Å². The third-order valence-corrected chi connectivity index (χ3v) is 4.75. The van der Waals surface area contributed by atoms with E-state index < -0.39 is 0 Å². The maximum atomic E-state index is 11.7. The Morgan fingerprint density at radius 3 is 2.62 bits per heavy atom. The molecule has 3 atom stereocenters. The fraction of sp³-hybridized carbons (Fsp3) is 0.769. The lowest BCUT2D eigenvalue weighted by molar-refractivity contribution is -0.153. The second-order valence-electron chi connectivity index (χ2n) is 5.19. The van der Waals surface area contributed by atoms with E-state index in [0.29, 0.717) is 6.42 Å². The maximum Gasteiger partial charge on any atom is 0.307 e. The molecule has 2 saturated heterocycles. The normalized spacial score (nSPS) is 43.2. The van der Waals surface area contributed by atoms with Gasteiger partial charge in [-0.05, 0) is 19.3 Å². The van der Waals surface area contributed by atoms with Gasteiger partial charge in [0, 0.05) is 0 Å². The lowest BCUT2D eigenvalue weighted by Crippen LogP contribution is -2.49. The van der Waals surface area contributed by atoms with E-state index in [9.17, 15) is 4.79 Å². The van der Waals surface area contributed by atoms with Gasteiger partial charge in [0.25, 0.3) is 0 Å². The average molecular weight is 222 g/mol. The summed E-state index contributed by atoms with van der Waals surface area (Å²) in [5.41, 5.74) is -0.388. The number of fused-ring (bicyclic) bond motifs is 3. The molecule has 3 heteroatoms. The Morgan fingerprint density at radius 2 is 2.12 bits per heavy atom. The van der Waals surface area contributed by atoms with Crippen molar-refractivity contribution in [2.75, 3.05) is 0 Å². The molecule has 3 heterocycles. The van der Waals surface area contributed by atoms with Gasteiger partial charge in [-0.25, -0.2) is 0 Å². The third-order valence-electron chi connectivity index (χ3n) is 4.75. The van der Waals surface area contributed by atoms with E-state index in [1.54, 1.807) is 0 Å². The monoisotopic (exact) mass is 222 g/mol. The molecule has 0 aromatic heterocycles. The molecule has 0 aliphatic carbocycles. The van der Waals surface area contributed by atoms with Gasteiger partial charge in [-0.1, -0.05) is 26.0 Å². The van der Waals surface area contributed by atoms with Gasteiger partial charge in [-0.3, -0.25) is 4.79 Å². The van der Waals surface area contributed by atoms with Crippen LogP contribution < -0.4 is 0 Å². The van der Waals surface area contributed by atoms with Gasteiger partial charge < -0.3 is 9.47 Å². The van der Waals surface area contributed by atoms with Crippen molar-refractivity contribution in [1.29, 1.82) is 0 Å². The molecule has 88 valence electrons. The molecule has 2 bridgehead atoms. The SMILES string of the molecule is CCC1(CC)OC(=O)CC12CC1C=CC2O1. The van der Waals surface area contributed by atoms with E-state index in [2.05, 4.69) is 26.0 Å². The first-order valence-corrected chi connectivity index (χ1v) is 6.21. The lowest BCUT2D eigenvalue weighted by Gasteiger charge is -2.42. The molecule has 1 spiro atoms. The Morgan fingerprint density at radius 1 is 1.38 bits per heavy atom. The van der Waals surface area contributed by atoms with Crippen LogP contribution >= 0.6 is 0 Å². The second-order valence-corrected chi connectivity index (χ2v) is 5.19. The highest BCUT2D eigenvalue weighted by Crippen LogP contribution is 2.60. The molecule has 2 fully saturated rings. The van der Waals surface area contributed by atoms with Crippen LogP contribution in [0.15, 0.2) is 12.2 Å². The van der Waals surface area contributed by atoms with Crippen molar-refractivity contribution < 1.29 is 14.3 Å². The number of hydrogen-bond donors (Lipinski definition) is 0. The Balaban J connectivity index is 2.05. The molecular formula is C13H18O3. The summed E-state index contributed by atoms with van der Waals surface area (Å²) in [7, 11) is 0. The first-order chi connectivity index (χ1) is 7.66. The lowest BCUT2D eigenvalue weighted by atomic mass is 9.62. The molecule has 16 heavy (non-hydrogen) atoms. The van der Waals surface area contributed by atoms with E-state index in [4.69, 9.17) is 9.47 Å². The van der Waals surface area contributed by atoms with Crippen molar-refractivity contribution in [2.24, 2.45) is 5.41 Å². The van der Waals surface area contributed by atoms with E-state index in [-0.39, 0.29) is 29.2 Å². The summed E-state index contributed by atoms with van der Waals surface area (Å²) in [5, 5.41) is 0. The number of carbonyl (C=O) groups is 1. The smallest absolute Gasteiger partial charge is 0.307 e. The highest BCUT2D eigenvalue weighted by molar-refractivity contribution is 5.74. The molecule has 0 aromatic carbocycles. The zero-order valence-corrected chi connectivity index (χ0v) is 9.86. The molecule has 0 aromatic rings. The third kappa shape index (κ3) is 1.000. The number of rotatable bonds is 2. The van der Waals surface area contributed by atoms with E-state index in [1.807, 2.05) is 0 Å². The van der Waals surface area contributed by atoms with Crippen molar-refractivity contribution in [2.45, 2.75) is 57.3 Å². The van der Waals surface area contributed by atoms with Gasteiger partial charge in [0.2, 0.25) is 0 Å². The molecule has 0 N–H and O–H groups in total. The van der Waals surface area contributed by atoms with E-state index >= 15 is 0 Å². The summed E-state index contributed by atoms with van der Waals surface area (Å²) in [6.07, 6.45) is 7.78. The molecule has 3 unspecified atom stereocenters. The van der Waals surface area contributed by atoms with Crippen molar-refractivity contribution in [1.82, 2.24) is 0 Å². The van der Waals surface area contributed by atoms with Gasteiger partial charge in [-0.15, -0.1) is 0 Å². The Hall–Kier alpha value is -0.830. The van der Waals surface area contributed by atoms with Crippen LogP contribution in [0.25, 0.3) is 0 Å². The minimum atomic E-state index is -0.297. The fourth-order valence-corrected chi connectivity index (χ4v) is 3.90. The Labute approximate surface area is 95.8 Å².